The first kappa shape index (κ1) is 13.8. The average molecular weight is 296 g/mol. The number of furan rings is 1. The fraction of sp³-hybridized carbons (Fsp3) is 0.0625. The Balaban J connectivity index is 1.88. The Morgan fingerprint density at radius 3 is 2.50 bits per heavy atom. The number of oxime groups is 1. The summed E-state index contributed by atoms with van der Waals surface area (Å²) in [7, 11) is 0. The maximum Gasteiger partial charge on any atom is 0.367 e. The first-order chi connectivity index (χ1) is 10.5. The van der Waals surface area contributed by atoms with Crippen molar-refractivity contribution in [1.29, 1.82) is 0 Å². The summed E-state index contributed by atoms with van der Waals surface area (Å²) in [6, 6.07) is 10.3. The summed E-state index contributed by atoms with van der Waals surface area (Å²) in [4.78, 5) is 27.1. The molecule has 0 fully saturated rings. The van der Waals surface area contributed by atoms with Crippen molar-refractivity contribution < 1.29 is 18.8 Å². The van der Waals surface area contributed by atoms with Crippen LogP contribution in [0.5, 0.6) is 0 Å². The van der Waals surface area contributed by atoms with Gasteiger partial charge in [0.25, 0.3) is 0 Å². The summed E-state index contributed by atoms with van der Waals surface area (Å²) < 4.78 is 5.67. The lowest BCUT2D eigenvalue weighted by molar-refractivity contribution is -0.136. The molecule has 0 unspecified atom stereocenters. The highest BCUT2D eigenvalue weighted by molar-refractivity contribution is 6.24. The molecule has 6 heteroatoms. The summed E-state index contributed by atoms with van der Waals surface area (Å²) >= 11 is 0. The fourth-order valence-electron chi connectivity index (χ4n) is 2.05. The van der Waals surface area contributed by atoms with Gasteiger partial charge >= 0.3 is 5.97 Å². The van der Waals surface area contributed by atoms with Gasteiger partial charge < -0.3 is 15.0 Å². The van der Waals surface area contributed by atoms with Gasteiger partial charge in [0.1, 0.15) is 11.5 Å². The number of hydrogen-bond acceptors (Lipinski definition) is 5. The number of nitrogens with two attached hydrogens (primary N) is 1. The lowest BCUT2D eigenvalue weighted by atomic mass is 10.1. The van der Waals surface area contributed by atoms with Gasteiger partial charge in [-0.25, -0.2) is 4.79 Å². The number of primary amides is 1. The number of hydrogen-bond donors (Lipinski definition) is 1. The molecular formula is C16H12N2O4. The molecule has 1 aromatic carbocycles. The Labute approximate surface area is 125 Å². The molecule has 0 atom stereocenters. The molecule has 1 aromatic heterocycles. The summed E-state index contributed by atoms with van der Waals surface area (Å²) in [6.07, 6.45) is 1.58. The molecule has 6 nitrogen and oxygen atoms in total. The molecule has 0 saturated heterocycles. The van der Waals surface area contributed by atoms with E-state index in [0.717, 1.165) is 5.56 Å². The van der Waals surface area contributed by atoms with E-state index in [1.807, 2.05) is 0 Å². The number of carbonyl (C=O) groups excluding carboxylic acids is 2. The Hall–Kier alpha value is -3.15. The van der Waals surface area contributed by atoms with Crippen molar-refractivity contribution in [3.8, 4) is 11.3 Å². The predicted molar refractivity (Wildman–Crippen MR) is 79.8 cm³/mol. The van der Waals surface area contributed by atoms with Crippen molar-refractivity contribution in [3.63, 3.8) is 0 Å². The average Bonchev–Trinajstić information content (AvgIpc) is 3.10. The summed E-state index contributed by atoms with van der Waals surface area (Å²) in [5.74, 6) is 0.147. The number of nitrogens with zero attached hydrogens (tertiary/aromatic N) is 1. The van der Waals surface area contributed by atoms with E-state index in [-0.39, 0.29) is 0 Å². The van der Waals surface area contributed by atoms with Crippen LogP contribution in [0.4, 0.5) is 0 Å². The molecule has 22 heavy (non-hydrogen) atoms. The van der Waals surface area contributed by atoms with E-state index >= 15 is 0 Å². The largest absolute Gasteiger partial charge is 0.457 e. The Kier molecular flexibility index (Phi) is 3.34. The third kappa shape index (κ3) is 2.54. The molecule has 1 aliphatic rings. The van der Waals surface area contributed by atoms with E-state index in [9.17, 15) is 9.59 Å². The normalized spacial score (nSPS) is 15.8. The van der Waals surface area contributed by atoms with Crippen LogP contribution in [0.15, 0.2) is 51.5 Å². The smallest absolute Gasteiger partial charge is 0.367 e. The van der Waals surface area contributed by atoms with E-state index in [4.69, 9.17) is 10.2 Å². The van der Waals surface area contributed by atoms with Crippen LogP contribution < -0.4 is 5.73 Å². The number of carbonyl (C=O) groups is 2. The maximum absolute atomic E-state index is 11.5. The van der Waals surface area contributed by atoms with Gasteiger partial charge in [0.15, 0.2) is 0 Å². The second-order valence-electron chi connectivity index (χ2n) is 4.76. The van der Waals surface area contributed by atoms with Gasteiger partial charge in [-0.1, -0.05) is 17.3 Å². The van der Waals surface area contributed by atoms with Gasteiger partial charge in [-0.05, 0) is 37.3 Å². The summed E-state index contributed by atoms with van der Waals surface area (Å²) in [5, 5.41) is 3.60. The Morgan fingerprint density at radius 2 is 1.91 bits per heavy atom. The van der Waals surface area contributed by atoms with Crippen molar-refractivity contribution in [2.75, 3.05) is 0 Å². The van der Waals surface area contributed by atoms with Crippen molar-refractivity contribution in [1.82, 2.24) is 0 Å². The standard InChI is InChI=1S/C16H12N2O4/c1-9-13(16(20)22-18-9)8-12-6-7-14(21-12)10-2-4-11(5-3-10)15(17)19/h2-8H,1H3,(H2,17,19)/b13-8-. The summed E-state index contributed by atoms with van der Waals surface area (Å²) in [5.41, 5.74) is 7.30. The minimum atomic E-state index is -0.499. The third-order valence-electron chi connectivity index (χ3n) is 3.24. The molecule has 0 bridgehead atoms. The molecule has 3 rings (SSSR count). The van der Waals surface area contributed by atoms with E-state index in [0.29, 0.717) is 28.4 Å². The van der Waals surface area contributed by atoms with E-state index in [1.165, 1.54) is 0 Å². The van der Waals surface area contributed by atoms with Gasteiger partial charge in [-0.15, -0.1) is 0 Å². The zero-order valence-corrected chi connectivity index (χ0v) is 11.7. The molecule has 2 N–H and O–H groups in total. The Morgan fingerprint density at radius 1 is 1.18 bits per heavy atom. The fourth-order valence-corrected chi connectivity index (χ4v) is 2.05. The topological polar surface area (TPSA) is 94.9 Å². The molecule has 2 aromatic rings. The number of amides is 1. The molecule has 0 spiro atoms. The molecule has 1 aliphatic heterocycles. The molecular weight excluding hydrogens is 284 g/mol. The van der Waals surface area contributed by atoms with E-state index < -0.39 is 11.9 Å². The van der Waals surface area contributed by atoms with E-state index in [1.54, 1.807) is 49.4 Å². The van der Waals surface area contributed by atoms with Crippen LogP contribution in [0, 0.1) is 0 Å². The quantitative estimate of drug-likeness (QED) is 0.694. The van der Waals surface area contributed by atoms with Crippen LogP contribution in [0.3, 0.4) is 0 Å². The van der Waals surface area contributed by atoms with Gasteiger partial charge in [0.2, 0.25) is 5.91 Å². The highest BCUT2D eigenvalue weighted by atomic mass is 16.7. The van der Waals surface area contributed by atoms with Crippen LogP contribution in [0.25, 0.3) is 17.4 Å². The molecule has 0 saturated carbocycles. The minimum absolute atomic E-state index is 0.366. The van der Waals surface area contributed by atoms with Crippen molar-refractivity contribution in [2.45, 2.75) is 6.92 Å². The first-order valence-electron chi connectivity index (χ1n) is 6.52. The number of rotatable bonds is 3. The highest BCUT2D eigenvalue weighted by Gasteiger charge is 2.22. The zero-order chi connectivity index (χ0) is 15.7. The lowest BCUT2D eigenvalue weighted by Gasteiger charge is -1.98. The molecule has 0 radical (unpaired) electrons. The molecule has 1 amide bonds. The second kappa shape index (κ2) is 5.33. The zero-order valence-electron chi connectivity index (χ0n) is 11.7. The van der Waals surface area contributed by atoms with E-state index in [2.05, 4.69) is 9.99 Å². The monoisotopic (exact) mass is 296 g/mol. The van der Waals surface area contributed by atoms with Gasteiger partial charge in [-0.3, -0.25) is 4.79 Å². The maximum atomic E-state index is 11.5. The van der Waals surface area contributed by atoms with Crippen molar-refractivity contribution in [2.24, 2.45) is 10.9 Å². The van der Waals surface area contributed by atoms with Crippen LogP contribution in [-0.2, 0) is 9.63 Å². The van der Waals surface area contributed by atoms with Crippen LogP contribution in [-0.4, -0.2) is 17.6 Å². The molecule has 2 heterocycles. The lowest BCUT2D eigenvalue weighted by Crippen LogP contribution is -2.10. The summed E-state index contributed by atoms with van der Waals surface area (Å²) in [6.45, 7) is 1.68. The highest BCUT2D eigenvalue weighted by Crippen LogP contribution is 2.25. The first-order valence-corrected chi connectivity index (χ1v) is 6.52. The minimum Gasteiger partial charge on any atom is -0.457 e. The molecule has 0 aliphatic carbocycles. The van der Waals surface area contributed by atoms with Crippen LogP contribution in [0.1, 0.15) is 23.0 Å². The van der Waals surface area contributed by atoms with Crippen LogP contribution >= 0.6 is 0 Å². The van der Waals surface area contributed by atoms with Crippen molar-refractivity contribution in [3.05, 3.63) is 53.3 Å². The Bertz CT molecular complexity index is 813. The third-order valence-corrected chi connectivity index (χ3v) is 3.24. The molecule has 110 valence electrons. The second-order valence-corrected chi connectivity index (χ2v) is 4.76. The van der Waals surface area contributed by atoms with Crippen molar-refractivity contribution >= 4 is 23.7 Å². The van der Waals surface area contributed by atoms with Gasteiger partial charge in [0, 0.05) is 11.1 Å². The predicted octanol–water partition coefficient (Wildman–Crippen LogP) is 2.36. The van der Waals surface area contributed by atoms with Gasteiger partial charge in [0.05, 0.1) is 11.3 Å². The number of benzene rings is 1. The van der Waals surface area contributed by atoms with Gasteiger partial charge in [-0.2, -0.15) is 0 Å². The SMILES string of the molecule is CC1=NOC(=O)/C1=C\c1ccc(-c2ccc(C(N)=O)cc2)o1. The van der Waals surface area contributed by atoms with Crippen LogP contribution in [0.2, 0.25) is 0 Å².